The van der Waals surface area contributed by atoms with Crippen LogP contribution in [0.25, 0.3) is 22.0 Å². The third-order valence-corrected chi connectivity index (χ3v) is 5.09. The molecule has 2 N–H and O–H groups in total. The van der Waals surface area contributed by atoms with Crippen molar-refractivity contribution in [3.05, 3.63) is 90.1 Å². The van der Waals surface area contributed by atoms with Gasteiger partial charge in [-0.3, -0.25) is 4.90 Å². The van der Waals surface area contributed by atoms with Crippen molar-refractivity contribution in [2.45, 2.75) is 6.04 Å². The van der Waals surface area contributed by atoms with Crippen molar-refractivity contribution in [1.29, 1.82) is 0 Å². The van der Waals surface area contributed by atoms with Gasteiger partial charge in [-0.1, -0.05) is 60.7 Å². The van der Waals surface area contributed by atoms with Crippen LogP contribution in [0.3, 0.4) is 0 Å². The van der Waals surface area contributed by atoms with Crippen LogP contribution in [0.2, 0.25) is 0 Å². The Balaban J connectivity index is 1.85. The van der Waals surface area contributed by atoms with Gasteiger partial charge >= 0.3 is 6.09 Å². The van der Waals surface area contributed by atoms with Crippen LogP contribution >= 0.6 is 0 Å². The summed E-state index contributed by atoms with van der Waals surface area (Å²) < 4.78 is 0. The molecule has 2 heterocycles. The lowest BCUT2D eigenvalue weighted by Crippen LogP contribution is -2.37. The number of aromatic nitrogens is 1. The van der Waals surface area contributed by atoms with Crippen LogP contribution in [-0.2, 0) is 0 Å². The van der Waals surface area contributed by atoms with Crippen molar-refractivity contribution < 1.29 is 9.90 Å². The van der Waals surface area contributed by atoms with Crippen LogP contribution in [0.5, 0.6) is 0 Å². The van der Waals surface area contributed by atoms with Gasteiger partial charge in [0, 0.05) is 28.2 Å². The van der Waals surface area contributed by atoms with Crippen molar-refractivity contribution in [3.8, 4) is 11.1 Å². The van der Waals surface area contributed by atoms with Crippen molar-refractivity contribution >= 4 is 22.7 Å². The summed E-state index contributed by atoms with van der Waals surface area (Å²) in [4.78, 5) is 17.0. The van der Waals surface area contributed by atoms with Crippen LogP contribution in [0.15, 0.2) is 79.0 Å². The summed E-state index contributed by atoms with van der Waals surface area (Å²) in [7, 11) is 0. The van der Waals surface area contributed by atoms with E-state index in [1.54, 1.807) is 0 Å². The summed E-state index contributed by atoms with van der Waals surface area (Å²) in [5.74, 6) is 0. The van der Waals surface area contributed by atoms with Crippen molar-refractivity contribution in [2.24, 2.45) is 0 Å². The van der Waals surface area contributed by atoms with Crippen LogP contribution in [0, 0.1) is 0 Å². The Bertz CT molecular complexity index is 1150. The number of anilines is 1. The first kappa shape index (κ1) is 14.8. The maximum atomic E-state index is 12.3. The lowest BCUT2D eigenvalue weighted by Gasteiger charge is -2.36. The highest BCUT2D eigenvalue weighted by atomic mass is 16.4. The van der Waals surface area contributed by atoms with E-state index < -0.39 is 12.1 Å². The van der Waals surface area contributed by atoms with Crippen molar-refractivity contribution in [3.63, 3.8) is 0 Å². The summed E-state index contributed by atoms with van der Waals surface area (Å²) in [6, 6.07) is 23.3. The molecule has 4 nitrogen and oxygen atoms in total. The number of hydrogen-bond donors (Lipinski definition) is 2. The first-order chi connectivity index (χ1) is 12.8. The predicted octanol–water partition coefficient (Wildman–Crippen LogP) is 5.42. The summed E-state index contributed by atoms with van der Waals surface area (Å²) in [5.41, 5.74) is 5.71. The standard InChI is InChI=1S/C22H16N2O2/c25-22(26)24-20-12-6-4-9-16(20)14-7-1-2-10-17(14)21(24)18-13-23-19-11-5-3-8-15(18)19/h1-13,21,23H,(H,25,26). The lowest BCUT2D eigenvalue weighted by atomic mass is 9.85. The van der Waals surface area contributed by atoms with E-state index in [9.17, 15) is 9.90 Å². The molecule has 0 fully saturated rings. The molecule has 1 amide bonds. The molecule has 3 aromatic carbocycles. The number of benzene rings is 3. The Morgan fingerprint density at radius 1 is 0.846 bits per heavy atom. The third-order valence-electron chi connectivity index (χ3n) is 5.09. The number of carboxylic acid groups (broad SMARTS) is 1. The number of para-hydroxylation sites is 2. The highest BCUT2D eigenvalue weighted by Crippen LogP contribution is 2.48. The van der Waals surface area contributed by atoms with E-state index in [1.165, 1.54) is 4.90 Å². The number of aromatic amines is 1. The average molecular weight is 340 g/mol. The number of H-pyrrole nitrogens is 1. The van der Waals surface area contributed by atoms with Gasteiger partial charge in [-0.15, -0.1) is 0 Å². The van der Waals surface area contributed by atoms with Crippen molar-refractivity contribution in [2.75, 3.05) is 4.90 Å². The topological polar surface area (TPSA) is 56.3 Å². The van der Waals surface area contributed by atoms with Gasteiger partial charge in [0.15, 0.2) is 0 Å². The quantitative estimate of drug-likeness (QED) is 0.486. The molecule has 0 radical (unpaired) electrons. The van der Waals surface area contributed by atoms with Crippen LogP contribution in [0.4, 0.5) is 10.5 Å². The second-order valence-corrected chi connectivity index (χ2v) is 6.45. The van der Waals surface area contributed by atoms with Gasteiger partial charge < -0.3 is 10.1 Å². The summed E-state index contributed by atoms with van der Waals surface area (Å²) in [6.45, 7) is 0. The van der Waals surface area contributed by atoms with Gasteiger partial charge in [-0.25, -0.2) is 4.79 Å². The minimum Gasteiger partial charge on any atom is -0.465 e. The van der Waals surface area contributed by atoms with Crippen LogP contribution in [0.1, 0.15) is 17.2 Å². The normalized spacial score (nSPS) is 15.5. The molecule has 4 heteroatoms. The summed E-state index contributed by atoms with van der Waals surface area (Å²) in [5, 5.41) is 11.1. The molecule has 1 aliphatic rings. The first-order valence-corrected chi connectivity index (χ1v) is 8.52. The molecule has 0 aliphatic carbocycles. The van der Waals surface area contributed by atoms with Gasteiger partial charge in [0.25, 0.3) is 0 Å². The van der Waals surface area contributed by atoms with E-state index in [4.69, 9.17) is 0 Å². The molecule has 0 bridgehead atoms. The SMILES string of the molecule is O=C(O)N1c2ccccc2-c2ccccc2C1c1c[nH]c2ccccc12. The Morgan fingerprint density at radius 3 is 2.38 bits per heavy atom. The zero-order chi connectivity index (χ0) is 17.7. The van der Waals surface area contributed by atoms with Gasteiger partial charge in [0.05, 0.1) is 11.7 Å². The highest BCUT2D eigenvalue weighted by Gasteiger charge is 2.36. The molecule has 26 heavy (non-hydrogen) atoms. The van der Waals surface area contributed by atoms with E-state index in [1.807, 2.05) is 72.9 Å². The van der Waals surface area contributed by atoms with Gasteiger partial charge in [-0.2, -0.15) is 0 Å². The monoisotopic (exact) mass is 340 g/mol. The van der Waals surface area contributed by atoms with Gasteiger partial charge in [-0.05, 0) is 23.3 Å². The highest BCUT2D eigenvalue weighted by molar-refractivity contribution is 5.99. The van der Waals surface area contributed by atoms with Gasteiger partial charge in [0.1, 0.15) is 0 Å². The maximum absolute atomic E-state index is 12.3. The number of nitrogens with one attached hydrogen (secondary N) is 1. The molecule has 1 atom stereocenters. The molecule has 0 saturated heterocycles. The number of hydrogen-bond acceptors (Lipinski definition) is 1. The Labute approximate surface area is 150 Å². The zero-order valence-corrected chi connectivity index (χ0v) is 13.9. The summed E-state index contributed by atoms with van der Waals surface area (Å²) in [6.07, 6.45) is 0.970. The fraction of sp³-hybridized carbons (Fsp3) is 0.0455. The fourth-order valence-corrected chi connectivity index (χ4v) is 4.01. The summed E-state index contributed by atoms with van der Waals surface area (Å²) >= 11 is 0. The first-order valence-electron chi connectivity index (χ1n) is 8.52. The maximum Gasteiger partial charge on any atom is 0.412 e. The largest absolute Gasteiger partial charge is 0.465 e. The molecule has 4 aromatic rings. The molecule has 1 aromatic heterocycles. The second kappa shape index (κ2) is 5.49. The van der Waals surface area contributed by atoms with E-state index >= 15 is 0 Å². The molecule has 126 valence electrons. The van der Waals surface area contributed by atoms with Crippen LogP contribution in [-0.4, -0.2) is 16.2 Å². The molecule has 0 spiro atoms. The average Bonchev–Trinajstić information content (AvgIpc) is 3.10. The van der Waals surface area contributed by atoms with E-state index in [-0.39, 0.29) is 0 Å². The Hall–Kier alpha value is -3.53. The number of amides is 1. The Morgan fingerprint density at radius 2 is 1.54 bits per heavy atom. The smallest absolute Gasteiger partial charge is 0.412 e. The van der Waals surface area contributed by atoms with Gasteiger partial charge in [0.2, 0.25) is 0 Å². The van der Waals surface area contributed by atoms with Crippen LogP contribution < -0.4 is 4.90 Å². The third kappa shape index (κ3) is 1.99. The zero-order valence-electron chi connectivity index (χ0n) is 13.9. The van der Waals surface area contributed by atoms with E-state index in [0.29, 0.717) is 5.69 Å². The minimum absolute atomic E-state index is 0.394. The predicted molar refractivity (Wildman–Crippen MR) is 103 cm³/mol. The minimum atomic E-state index is -0.956. The number of nitrogens with zero attached hydrogens (tertiary/aromatic N) is 1. The molecule has 1 unspecified atom stereocenters. The second-order valence-electron chi connectivity index (χ2n) is 6.45. The van der Waals surface area contributed by atoms with E-state index in [2.05, 4.69) is 11.1 Å². The number of carbonyl (C=O) groups is 1. The van der Waals surface area contributed by atoms with Crippen molar-refractivity contribution in [1.82, 2.24) is 4.98 Å². The Kier molecular flexibility index (Phi) is 3.12. The number of fused-ring (bicyclic) bond motifs is 4. The lowest BCUT2D eigenvalue weighted by molar-refractivity contribution is 0.200. The molecule has 1 aliphatic heterocycles. The van der Waals surface area contributed by atoms with E-state index in [0.717, 1.165) is 33.2 Å². The molecule has 5 rings (SSSR count). The molecule has 0 saturated carbocycles. The molecular weight excluding hydrogens is 324 g/mol. The fourth-order valence-electron chi connectivity index (χ4n) is 4.01. The molecular formula is C22H16N2O2. The number of rotatable bonds is 1.